The van der Waals surface area contributed by atoms with E-state index >= 15 is 0 Å². The lowest BCUT2D eigenvalue weighted by Crippen LogP contribution is -2.32. The molecule has 0 radical (unpaired) electrons. The highest BCUT2D eigenvalue weighted by atomic mass is 35.5. The van der Waals surface area contributed by atoms with Crippen LogP contribution in [-0.4, -0.2) is 21.7 Å². The van der Waals surface area contributed by atoms with Crippen LogP contribution in [0.2, 0.25) is 0 Å². The number of aliphatic carboxylic acids is 1. The Balaban J connectivity index is 2.05. The number of aryl methyl sites for hydroxylation is 1. The van der Waals surface area contributed by atoms with Gasteiger partial charge >= 0.3 is 5.97 Å². The lowest BCUT2D eigenvalue weighted by molar-refractivity contribution is -0.138. The van der Waals surface area contributed by atoms with E-state index in [2.05, 4.69) is 46.7 Å². The lowest BCUT2D eigenvalue weighted by atomic mass is 10.0. The van der Waals surface area contributed by atoms with Gasteiger partial charge in [0.15, 0.2) is 0 Å². The fraction of sp³-hybridized carbons (Fsp3) is 0.250. The van der Waals surface area contributed by atoms with Crippen LogP contribution >= 0.6 is 11.8 Å². The summed E-state index contributed by atoms with van der Waals surface area (Å²) in [4.78, 5) is 13.7. The second kappa shape index (κ2) is 7.30. The topological polar surface area (TPSA) is 54.3 Å². The highest BCUT2D eigenvalue weighted by molar-refractivity contribution is 6.14. The number of hydrogen-bond acceptors (Lipinski definition) is 2. The molecule has 2 aromatic carbocycles. The van der Waals surface area contributed by atoms with E-state index in [9.17, 15) is 9.90 Å². The van der Waals surface area contributed by atoms with Gasteiger partial charge in [0.1, 0.15) is 6.04 Å². The number of para-hydroxylation sites is 1. The molecule has 0 bridgehead atoms. The molecule has 0 saturated carbocycles. The number of fused-ring (bicyclic) bond motifs is 1. The summed E-state index contributed by atoms with van der Waals surface area (Å²) >= 11 is 5.63. The van der Waals surface area contributed by atoms with E-state index in [0.717, 1.165) is 28.7 Å². The van der Waals surface area contributed by atoms with Crippen molar-refractivity contribution in [1.82, 2.24) is 9.40 Å². The van der Waals surface area contributed by atoms with Gasteiger partial charge in [-0.25, -0.2) is 4.84 Å². The number of benzene rings is 2. The van der Waals surface area contributed by atoms with E-state index in [-0.39, 0.29) is 0 Å². The fourth-order valence-electron chi connectivity index (χ4n) is 3.22. The van der Waals surface area contributed by atoms with Crippen molar-refractivity contribution in [3.8, 4) is 0 Å². The summed E-state index contributed by atoms with van der Waals surface area (Å²) in [5.74, 6) is -0.954. The van der Waals surface area contributed by atoms with Gasteiger partial charge in [-0.1, -0.05) is 48.0 Å². The van der Waals surface area contributed by atoms with E-state index in [1.807, 2.05) is 25.1 Å². The number of rotatable bonds is 6. The van der Waals surface area contributed by atoms with Crippen LogP contribution in [0.4, 0.5) is 0 Å². The van der Waals surface area contributed by atoms with Gasteiger partial charge in [-0.3, -0.25) is 4.79 Å². The Hall–Kier alpha value is -2.30. The summed E-state index contributed by atoms with van der Waals surface area (Å²) in [6.45, 7) is 4.86. The smallest absolute Gasteiger partial charge is 0.322 e. The summed E-state index contributed by atoms with van der Waals surface area (Å²) < 4.78 is 2.24. The van der Waals surface area contributed by atoms with Crippen molar-refractivity contribution in [2.75, 3.05) is 0 Å². The Morgan fingerprint density at radius 2 is 1.84 bits per heavy atom. The highest BCUT2D eigenvalue weighted by Gasteiger charge is 2.22. The number of carboxylic acids is 1. The standard InChI is InChI=1S/C20H21ClN2O2/c1-13-7-9-15(10-8-13)12-23-14(2)17(11-18(22-21)20(24)25)16-5-3-4-6-19(16)23/h3-10,18,22H,11-12H2,1-2H3,(H,24,25)/t18-/m0/s1. The van der Waals surface area contributed by atoms with Crippen molar-refractivity contribution < 1.29 is 9.90 Å². The first kappa shape index (κ1) is 17.5. The monoisotopic (exact) mass is 356 g/mol. The zero-order valence-corrected chi connectivity index (χ0v) is 15.0. The Kier molecular flexibility index (Phi) is 5.11. The average Bonchev–Trinajstić information content (AvgIpc) is 2.86. The number of carbonyl (C=O) groups is 1. The molecule has 2 N–H and O–H groups in total. The molecule has 1 atom stereocenters. The Labute approximate surface area is 152 Å². The molecule has 1 heterocycles. The summed E-state index contributed by atoms with van der Waals surface area (Å²) in [6, 6.07) is 15.7. The molecule has 0 unspecified atom stereocenters. The second-order valence-electron chi connectivity index (χ2n) is 6.36. The molecule has 0 saturated heterocycles. The summed E-state index contributed by atoms with van der Waals surface area (Å²) in [5, 5.41) is 10.4. The number of nitrogens with one attached hydrogen (secondary N) is 1. The molecule has 0 aliphatic heterocycles. The molecule has 0 fully saturated rings. The van der Waals surface area contributed by atoms with Crippen LogP contribution in [0.25, 0.3) is 10.9 Å². The van der Waals surface area contributed by atoms with Crippen molar-refractivity contribution in [1.29, 1.82) is 0 Å². The quantitative estimate of drug-likeness (QED) is 0.655. The summed E-state index contributed by atoms with van der Waals surface area (Å²) in [7, 11) is 0. The van der Waals surface area contributed by atoms with Crippen molar-refractivity contribution in [3.05, 3.63) is 70.9 Å². The van der Waals surface area contributed by atoms with Crippen LogP contribution < -0.4 is 4.84 Å². The van der Waals surface area contributed by atoms with E-state index < -0.39 is 12.0 Å². The maximum Gasteiger partial charge on any atom is 0.322 e. The molecule has 0 spiro atoms. The minimum Gasteiger partial charge on any atom is -0.480 e. The number of nitrogens with zero attached hydrogens (tertiary/aromatic N) is 1. The molecule has 3 aromatic rings. The van der Waals surface area contributed by atoms with E-state index in [1.54, 1.807) is 0 Å². The zero-order valence-electron chi connectivity index (χ0n) is 14.3. The fourth-order valence-corrected chi connectivity index (χ4v) is 3.39. The van der Waals surface area contributed by atoms with Gasteiger partial charge in [-0.05, 0) is 42.8 Å². The average molecular weight is 357 g/mol. The number of halogens is 1. The number of hydrogen-bond donors (Lipinski definition) is 2. The zero-order chi connectivity index (χ0) is 18.0. The maximum atomic E-state index is 11.4. The first-order chi connectivity index (χ1) is 12.0. The van der Waals surface area contributed by atoms with E-state index in [4.69, 9.17) is 11.8 Å². The molecule has 25 heavy (non-hydrogen) atoms. The predicted molar refractivity (Wildman–Crippen MR) is 101 cm³/mol. The highest BCUT2D eigenvalue weighted by Crippen LogP contribution is 2.28. The molecule has 0 aliphatic rings. The number of aromatic nitrogens is 1. The van der Waals surface area contributed by atoms with Gasteiger partial charge in [-0.2, -0.15) is 0 Å². The van der Waals surface area contributed by atoms with Gasteiger partial charge in [-0.15, -0.1) is 0 Å². The van der Waals surface area contributed by atoms with Crippen LogP contribution in [0.3, 0.4) is 0 Å². The van der Waals surface area contributed by atoms with E-state index in [0.29, 0.717) is 6.42 Å². The van der Waals surface area contributed by atoms with Crippen LogP contribution in [0.1, 0.15) is 22.4 Å². The van der Waals surface area contributed by atoms with Crippen molar-refractivity contribution in [2.45, 2.75) is 32.9 Å². The third-order valence-corrected chi connectivity index (χ3v) is 4.92. The largest absolute Gasteiger partial charge is 0.480 e. The van der Waals surface area contributed by atoms with Crippen molar-refractivity contribution in [3.63, 3.8) is 0 Å². The van der Waals surface area contributed by atoms with Crippen LogP contribution in [0.5, 0.6) is 0 Å². The van der Waals surface area contributed by atoms with Crippen LogP contribution in [-0.2, 0) is 17.8 Å². The van der Waals surface area contributed by atoms with Crippen molar-refractivity contribution >= 4 is 28.6 Å². The van der Waals surface area contributed by atoms with Gasteiger partial charge in [0.25, 0.3) is 0 Å². The lowest BCUT2D eigenvalue weighted by Gasteiger charge is -2.12. The summed E-state index contributed by atoms with van der Waals surface area (Å²) in [6.07, 6.45) is 0.339. The molecular weight excluding hydrogens is 336 g/mol. The minimum atomic E-state index is -0.954. The SMILES string of the molecule is Cc1ccc(Cn2c(C)c(C[C@H](NCl)C(=O)O)c3ccccc32)cc1. The van der Waals surface area contributed by atoms with Gasteiger partial charge in [0.2, 0.25) is 0 Å². The Bertz CT molecular complexity index is 900. The normalized spacial score (nSPS) is 12.4. The Morgan fingerprint density at radius 3 is 2.48 bits per heavy atom. The molecule has 4 nitrogen and oxygen atoms in total. The second-order valence-corrected chi connectivity index (χ2v) is 6.58. The molecule has 5 heteroatoms. The molecule has 1 aromatic heterocycles. The van der Waals surface area contributed by atoms with E-state index in [1.165, 1.54) is 11.1 Å². The number of carboxylic acid groups (broad SMARTS) is 1. The molecule has 0 aliphatic carbocycles. The maximum absolute atomic E-state index is 11.4. The molecule has 130 valence electrons. The predicted octanol–water partition coefficient (Wildman–Crippen LogP) is 4.05. The molecular formula is C20H21ClN2O2. The third-order valence-electron chi connectivity index (χ3n) is 4.66. The van der Waals surface area contributed by atoms with Crippen molar-refractivity contribution in [2.24, 2.45) is 0 Å². The minimum absolute atomic E-state index is 0.339. The first-order valence-corrected chi connectivity index (χ1v) is 8.60. The first-order valence-electron chi connectivity index (χ1n) is 8.22. The van der Waals surface area contributed by atoms with Gasteiger partial charge in [0.05, 0.1) is 0 Å². The van der Waals surface area contributed by atoms with Crippen LogP contribution in [0, 0.1) is 13.8 Å². The van der Waals surface area contributed by atoms with Gasteiger partial charge in [0, 0.05) is 29.6 Å². The third kappa shape index (κ3) is 3.55. The van der Waals surface area contributed by atoms with Crippen LogP contribution in [0.15, 0.2) is 48.5 Å². The molecule has 0 amide bonds. The summed E-state index contributed by atoms with van der Waals surface area (Å²) in [5.41, 5.74) is 5.64. The molecule has 3 rings (SSSR count). The van der Waals surface area contributed by atoms with Gasteiger partial charge < -0.3 is 9.67 Å². The Morgan fingerprint density at radius 1 is 1.16 bits per heavy atom.